The number of hydrogen-bond donors (Lipinski definition) is 1. The molecule has 2 aliphatic rings. The second-order valence-corrected chi connectivity index (χ2v) is 9.53. The third kappa shape index (κ3) is 4.16. The maximum atomic E-state index is 14.8. The van der Waals surface area contributed by atoms with E-state index >= 15 is 0 Å². The van der Waals surface area contributed by atoms with Crippen LogP contribution in [-0.4, -0.2) is 47.2 Å². The van der Waals surface area contributed by atoms with Crippen molar-refractivity contribution in [3.05, 3.63) is 53.9 Å². The van der Waals surface area contributed by atoms with Gasteiger partial charge in [-0.1, -0.05) is 6.92 Å². The minimum Gasteiger partial charge on any atom is -0.315 e. The molecule has 0 unspecified atom stereocenters. The number of carbonyl (C=O) groups is 1. The Morgan fingerprint density at radius 3 is 2.56 bits per heavy atom. The lowest BCUT2D eigenvalue weighted by Crippen LogP contribution is -2.73. The van der Waals surface area contributed by atoms with Crippen molar-refractivity contribution in [2.24, 2.45) is 5.92 Å². The fraction of sp³-hybridized carbons (Fsp3) is 0.435. The van der Waals surface area contributed by atoms with E-state index < -0.39 is 52.0 Å². The number of nitrogens with zero attached hydrogens (tertiary/aromatic N) is 6. The number of likely N-dealkylation sites (tertiary alicyclic amines) is 1. The van der Waals surface area contributed by atoms with E-state index in [-0.39, 0.29) is 12.1 Å². The van der Waals surface area contributed by atoms with Crippen molar-refractivity contribution in [1.82, 2.24) is 29.6 Å². The molecular weight excluding hydrogens is 485 g/mol. The highest BCUT2D eigenvalue weighted by molar-refractivity contribution is 5.92. The number of aryl methyl sites for hydroxylation is 1. The smallest absolute Gasteiger partial charge is 0.315 e. The van der Waals surface area contributed by atoms with Gasteiger partial charge in [0.15, 0.2) is 11.6 Å². The second-order valence-electron chi connectivity index (χ2n) is 9.53. The number of hydrogen-bond acceptors (Lipinski definition) is 5. The highest BCUT2D eigenvalue weighted by Crippen LogP contribution is 2.51. The molecule has 1 saturated heterocycles. The Bertz CT molecular complexity index is 1310. The molecule has 0 spiro atoms. The molecule has 1 N–H and O–H groups in total. The molecule has 3 heterocycles. The van der Waals surface area contributed by atoms with Crippen LogP contribution < -0.4 is 5.32 Å². The van der Waals surface area contributed by atoms with Crippen molar-refractivity contribution in [3.8, 4) is 11.4 Å². The van der Waals surface area contributed by atoms with Gasteiger partial charge in [-0.25, -0.2) is 23.5 Å². The molecule has 13 heteroatoms. The standard InChI is InChI=1S/C23H22F5N7O/c1-12-3-15-7-22(6-12,10-34-11-31-33-13(34)2)35(15)21(36)32-19-4-16(20-29-8-14(24)9-30-20)17(5-18(19)25)23(26,27)28/h4-5,8-9,11-12,15H,3,6-7,10H2,1-2H3,(H,32,36)/t12-,15+,22-/m0/s1. The van der Waals surface area contributed by atoms with Crippen LogP contribution in [0.5, 0.6) is 0 Å². The number of fused-ring (bicyclic) bond motifs is 2. The molecule has 2 amide bonds. The molecule has 2 fully saturated rings. The zero-order valence-corrected chi connectivity index (χ0v) is 19.4. The number of alkyl halides is 3. The number of nitrogens with one attached hydrogen (secondary N) is 1. The summed E-state index contributed by atoms with van der Waals surface area (Å²) in [5, 5.41) is 10.3. The molecule has 3 atom stereocenters. The van der Waals surface area contributed by atoms with Gasteiger partial charge in [0.2, 0.25) is 0 Å². The lowest BCUT2D eigenvalue weighted by Gasteiger charge is -2.63. The Balaban J connectivity index is 1.47. The third-order valence-corrected chi connectivity index (χ3v) is 6.90. The predicted octanol–water partition coefficient (Wildman–Crippen LogP) is 4.82. The Morgan fingerprint density at radius 1 is 1.19 bits per heavy atom. The number of carbonyl (C=O) groups excluding carboxylic acids is 1. The molecule has 2 aromatic heterocycles. The average molecular weight is 507 g/mol. The van der Waals surface area contributed by atoms with E-state index in [0.717, 1.165) is 18.9 Å². The van der Waals surface area contributed by atoms with E-state index in [4.69, 9.17) is 0 Å². The summed E-state index contributed by atoms with van der Waals surface area (Å²) in [6.45, 7) is 4.34. The van der Waals surface area contributed by atoms with E-state index in [9.17, 15) is 26.7 Å². The van der Waals surface area contributed by atoms with Crippen molar-refractivity contribution >= 4 is 11.7 Å². The molecule has 2 bridgehead atoms. The van der Waals surface area contributed by atoms with Crippen molar-refractivity contribution in [2.45, 2.75) is 57.4 Å². The minimum atomic E-state index is -4.93. The Labute approximate surface area is 202 Å². The molecule has 190 valence electrons. The molecule has 8 nitrogen and oxygen atoms in total. The summed E-state index contributed by atoms with van der Waals surface area (Å²) in [7, 11) is 0. The first-order chi connectivity index (χ1) is 17.0. The molecule has 1 aliphatic heterocycles. The molecular formula is C23H22F5N7O. The first-order valence-electron chi connectivity index (χ1n) is 11.3. The number of rotatable bonds is 4. The maximum Gasteiger partial charge on any atom is 0.417 e. The first kappa shape index (κ1) is 24.1. The van der Waals surface area contributed by atoms with Crippen molar-refractivity contribution in [2.75, 3.05) is 5.32 Å². The van der Waals surface area contributed by atoms with E-state index in [1.54, 1.807) is 18.2 Å². The number of piperidine rings is 1. The lowest BCUT2D eigenvalue weighted by molar-refractivity contribution is -0.137. The van der Waals surface area contributed by atoms with Crippen LogP contribution in [0.3, 0.4) is 0 Å². The molecule has 3 aromatic rings. The SMILES string of the molecule is Cc1nncn1C[C@]12C[C@@H](C)C[C@H](C1)N2C(=O)Nc1cc(-c2ncc(F)cn2)c(C(F)(F)F)cc1F. The number of anilines is 1. The largest absolute Gasteiger partial charge is 0.417 e. The predicted molar refractivity (Wildman–Crippen MR) is 118 cm³/mol. The van der Waals surface area contributed by atoms with Gasteiger partial charge in [-0.2, -0.15) is 13.2 Å². The fourth-order valence-electron chi connectivity index (χ4n) is 5.56. The van der Waals surface area contributed by atoms with Crippen molar-refractivity contribution in [3.63, 3.8) is 0 Å². The Hall–Kier alpha value is -3.64. The highest BCUT2D eigenvalue weighted by Gasteiger charge is 2.58. The molecule has 36 heavy (non-hydrogen) atoms. The maximum absolute atomic E-state index is 14.8. The van der Waals surface area contributed by atoms with Crippen LogP contribution in [0.4, 0.5) is 32.4 Å². The number of amides is 2. The average Bonchev–Trinajstić information content (AvgIpc) is 3.18. The van der Waals surface area contributed by atoms with Crippen LogP contribution in [0.15, 0.2) is 30.9 Å². The molecule has 1 aromatic carbocycles. The normalized spacial score (nSPS) is 23.4. The van der Waals surface area contributed by atoms with Gasteiger partial charge in [-0.3, -0.25) is 0 Å². The quantitative estimate of drug-likeness (QED) is 0.512. The van der Waals surface area contributed by atoms with Crippen LogP contribution in [-0.2, 0) is 12.7 Å². The lowest BCUT2D eigenvalue weighted by atomic mass is 9.64. The summed E-state index contributed by atoms with van der Waals surface area (Å²) in [6, 6.07) is 0.418. The number of aromatic nitrogens is 5. The van der Waals surface area contributed by atoms with Gasteiger partial charge < -0.3 is 14.8 Å². The van der Waals surface area contributed by atoms with Crippen molar-refractivity contribution < 1.29 is 26.7 Å². The third-order valence-electron chi connectivity index (χ3n) is 6.90. The molecule has 0 radical (unpaired) electrons. The van der Waals surface area contributed by atoms with Gasteiger partial charge in [-0.15, -0.1) is 10.2 Å². The summed E-state index contributed by atoms with van der Waals surface area (Å²) in [5.41, 5.74) is -2.92. The van der Waals surface area contributed by atoms with E-state index in [1.807, 2.05) is 4.57 Å². The van der Waals surface area contributed by atoms with E-state index in [2.05, 4.69) is 32.4 Å². The van der Waals surface area contributed by atoms with Crippen LogP contribution >= 0.6 is 0 Å². The molecule has 1 saturated carbocycles. The van der Waals surface area contributed by atoms with Crippen LogP contribution in [0.2, 0.25) is 0 Å². The number of benzene rings is 1. The zero-order chi connectivity index (χ0) is 25.8. The van der Waals surface area contributed by atoms with Gasteiger partial charge >= 0.3 is 12.2 Å². The summed E-state index contributed by atoms with van der Waals surface area (Å²) in [4.78, 5) is 22.2. The Morgan fingerprint density at radius 2 is 1.92 bits per heavy atom. The zero-order valence-electron chi connectivity index (χ0n) is 19.4. The molecule has 1 aliphatic carbocycles. The highest BCUT2D eigenvalue weighted by atomic mass is 19.4. The van der Waals surface area contributed by atoms with Crippen LogP contribution in [0.25, 0.3) is 11.4 Å². The van der Waals surface area contributed by atoms with Gasteiger partial charge in [0.25, 0.3) is 0 Å². The van der Waals surface area contributed by atoms with E-state index in [0.29, 0.717) is 37.1 Å². The Kier molecular flexibility index (Phi) is 5.67. The van der Waals surface area contributed by atoms with Gasteiger partial charge in [0, 0.05) is 18.2 Å². The minimum absolute atomic E-state index is 0.0806. The fourth-order valence-corrected chi connectivity index (χ4v) is 5.56. The molecule has 5 rings (SSSR count). The summed E-state index contributed by atoms with van der Waals surface area (Å²) in [5.74, 6) is -1.51. The van der Waals surface area contributed by atoms with E-state index in [1.165, 1.54) is 0 Å². The monoisotopic (exact) mass is 507 g/mol. The summed E-state index contributed by atoms with van der Waals surface area (Å²) in [6.07, 6.45) is 0.289. The van der Waals surface area contributed by atoms with Crippen molar-refractivity contribution in [1.29, 1.82) is 0 Å². The topological polar surface area (TPSA) is 88.8 Å². The summed E-state index contributed by atoms with van der Waals surface area (Å²) >= 11 is 0. The second kappa shape index (κ2) is 8.49. The number of urea groups is 1. The van der Waals surface area contributed by atoms with Gasteiger partial charge in [-0.05, 0) is 44.2 Å². The van der Waals surface area contributed by atoms with Crippen LogP contribution in [0, 0.1) is 24.5 Å². The van der Waals surface area contributed by atoms with Gasteiger partial charge in [0.1, 0.15) is 18.0 Å². The van der Waals surface area contributed by atoms with Gasteiger partial charge in [0.05, 0.1) is 29.2 Å². The number of halogens is 5. The first-order valence-corrected chi connectivity index (χ1v) is 11.3. The summed E-state index contributed by atoms with van der Waals surface area (Å²) < 4.78 is 70.8. The van der Waals surface area contributed by atoms with Crippen LogP contribution in [0.1, 0.15) is 37.6 Å².